The van der Waals surface area contributed by atoms with Crippen LogP contribution in [0.1, 0.15) is 32.1 Å². The van der Waals surface area contributed by atoms with Gasteiger partial charge in [-0.3, -0.25) is 9.52 Å². The SMILES string of the molecule is N#CCC1(CS(=O)(=O)Nc2c(F)cc(-c3cc(NC(=O)C4CC4)nc4[nH]ccc34)cc2F)CC1. The minimum absolute atomic E-state index is 0.0466. The summed E-state index contributed by atoms with van der Waals surface area (Å²) in [5, 5.41) is 12.2. The number of hydrogen-bond donors (Lipinski definition) is 3. The van der Waals surface area contributed by atoms with Crippen LogP contribution in [0, 0.1) is 34.3 Å². The molecule has 0 radical (unpaired) electrons. The lowest BCUT2D eigenvalue weighted by Gasteiger charge is -2.15. The van der Waals surface area contributed by atoms with Crippen LogP contribution in [0.3, 0.4) is 0 Å². The minimum Gasteiger partial charge on any atom is -0.346 e. The molecule has 1 amide bonds. The quantitative estimate of drug-likeness (QED) is 0.439. The monoisotopic (exact) mass is 485 g/mol. The van der Waals surface area contributed by atoms with E-state index in [-0.39, 0.29) is 35.4 Å². The van der Waals surface area contributed by atoms with Gasteiger partial charge in [0.1, 0.15) is 17.2 Å². The summed E-state index contributed by atoms with van der Waals surface area (Å²) in [6.45, 7) is 0. The molecule has 3 aromatic rings. The zero-order chi connectivity index (χ0) is 24.1. The van der Waals surface area contributed by atoms with Gasteiger partial charge >= 0.3 is 0 Å². The molecule has 11 heteroatoms. The molecule has 8 nitrogen and oxygen atoms in total. The van der Waals surface area contributed by atoms with E-state index in [0.29, 0.717) is 29.4 Å². The number of halogens is 2. The summed E-state index contributed by atoms with van der Waals surface area (Å²) in [5.74, 6) is -2.47. The number of amides is 1. The molecule has 5 rings (SSSR count). The van der Waals surface area contributed by atoms with Crippen LogP contribution in [0.5, 0.6) is 0 Å². The van der Waals surface area contributed by atoms with Crippen molar-refractivity contribution in [3.63, 3.8) is 0 Å². The van der Waals surface area contributed by atoms with Crippen LogP contribution in [-0.2, 0) is 14.8 Å². The van der Waals surface area contributed by atoms with Crippen molar-refractivity contribution in [2.75, 3.05) is 15.8 Å². The highest BCUT2D eigenvalue weighted by atomic mass is 32.2. The van der Waals surface area contributed by atoms with Crippen molar-refractivity contribution in [1.29, 1.82) is 5.26 Å². The van der Waals surface area contributed by atoms with Gasteiger partial charge in [0.15, 0.2) is 11.6 Å². The molecule has 0 atom stereocenters. The van der Waals surface area contributed by atoms with Crippen LogP contribution >= 0.6 is 0 Å². The normalized spacial score (nSPS) is 16.7. The predicted molar refractivity (Wildman–Crippen MR) is 122 cm³/mol. The second-order valence-corrected chi connectivity index (χ2v) is 10.8. The lowest BCUT2D eigenvalue weighted by molar-refractivity contribution is -0.117. The zero-order valence-electron chi connectivity index (χ0n) is 18.0. The Kier molecular flexibility index (Phi) is 5.28. The number of nitrogens with zero attached hydrogens (tertiary/aromatic N) is 2. The van der Waals surface area contributed by atoms with Crippen LogP contribution in [-0.4, -0.2) is 30.0 Å². The number of H-pyrrole nitrogens is 1. The van der Waals surface area contributed by atoms with Crippen LogP contribution < -0.4 is 10.0 Å². The largest absolute Gasteiger partial charge is 0.346 e. The first-order valence-electron chi connectivity index (χ1n) is 10.8. The first kappa shape index (κ1) is 22.3. The maximum atomic E-state index is 15.0. The van der Waals surface area contributed by atoms with Gasteiger partial charge in [-0.2, -0.15) is 5.26 Å². The molecule has 3 N–H and O–H groups in total. The van der Waals surface area contributed by atoms with Gasteiger partial charge in [0, 0.05) is 23.9 Å². The van der Waals surface area contributed by atoms with Crippen molar-refractivity contribution >= 4 is 38.5 Å². The van der Waals surface area contributed by atoms with Crippen molar-refractivity contribution in [3.05, 3.63) is 42.1 Å². The minimum atomic E-state index is -4.07. The van der Waals surface area contributed by atoms with E-state index in [1.165, 1.54) is 6.07 Å². The topological polar surface area (TPSA) is 128 Å². The Balaban J connectivity index is 1.46. The van der Waals surface area contributed by atoms with Crippen LogP contribution in [0.15, 0.2) is 30.5 Å². The second kappa shape index (κ2) is 8.06. The fraction of sp³-hybridized carbons (Fsp3) is 0.348. The van der Waals surface area contributed by atoms with Crippen LogP contribution in [0.25, 0.3) is 22.2 Å². The number of fused-ring (bicyclic) bond motifs is 1. The summed E-state index contributed by atoms with van der Waals surface area (Å²) < 4.78 is 57.0. The second-order valence-electron chi connectivity index (χ2n) is 9.07. The van der Waals surface area contributed by atoms with Crippen molar-refractivity contribution in [2.45, 2.75) is 32.1 Å². The van der Waals surface area contributed by atoms with Crippen LogP contribution in [0.4, 0.5) is 20.3 Å². The van der Waals surface area contributed by atoms with E-state index >= 15 is 0 Å². The van der Waals surface area contributed by atoms with Crippen molar-refractivity contribution < 1.29 is 22.0 Å². The zero-order valence-corrected chi connectivity index (χ0v) is 18.8. The fourth-order valence-electron chi connectivity index (χ4n) is 4.05. The summed E-state index contributed by atoms with van der Waals surface area (Å²) in [6, 6.07) is 7.28. The first-order chi connectivity index (χ1) is 16.2. The molecule has 1 aromatic carbocycles. The third-order valence-electron chi connectivity index (χ3n) is 6.25. The van der Waals surface area contributed by atoms with Gasteiger partial charge < -0.3 is 10.3 Å². The van der Waals surface area contributed by atoms with Gasteiger partial charge in [0.25, 0.3) is 0 Å². The Morgan fingerprint density at radius 2 is 1.94 bits per heavy atom. The number of benzene rings is 1. The molecule has 2 aliphatic carbocycles. The molecule has 2 aliphatic rings. The Labute approximate surface area is 194 Å². The molecule has 0 bridgehead atoms. The third kappa shape index (κ3) is 4.46. The predicted octanol–water partition coefficient (Wildman–Crippen LogP) is 4.29. The third-order valence-corrected chi connectivity index (χ3v) is 7.75. The number of anilines is 2. The molecule has 0 unspecified atom stereocenters. The number of nitrogens with one attached hydrogen (secondary N) is 3. The van der Waals surface area contributed by atoms with E-state index in [9.17, 15) is 22.0 Å². The van der Waals surface area contributed by atoms with Crippen molar-refractivity contribution in [3.8, 4) is 17.2 Å². The molecular weight excluding hydrogens is 464 g/mol. The molecule has 0 spiro atoms. The molecule has 2 saturated carbocycles. The summed E-state index contributed by atoms with van der Waals surface area (Å²) in [4.78, 5) is 19.4. The van der Waals surface area contributed by atoms with Gasteiger partial charge in [-0.05, 0) is 66.5 Å². The molecule has 2 aromatic heterocycles. The summed E-state index contributed by atoms with van der Waals surface area (Å²) in [5.41, 5.74) is -0.392. The number of pyridine rings is 1. The highest BCUT2D eigenvalue weighted by molar-refractivity contribution is 7.92. The first-order valence-corrected chi connectivity index (χ1v) is 12.5. The van der Waals surface area contributed by atoms with Gasteiger partial charge in [0.2, 0.25) is 15.9 Å². The average molecular weight is 486 g/mol. The van der Waals surface area contributed by atoms with Gasteiger partial charge in [-0.15, -0.1) is 0 Å². The molecule has 176 valence electrons. The summed E-state index contributed by atoms with van der Waals surface area (Å²) >= 11 is 0. The number of carbonyl (C=O) groups excluding carboxylic acids is 1. The molecular formula is C23H21F2N5O3S. The molecule has 34 heavy (non-hydrogen) atoms. The molecule has 2 heterocycles. The van der Waals surface area contributed by atoms with Crippen molar-refractivity contribution in [2.24, 2.45) is 11.3 Å². The smallest absolute Gasteiger partial charge is 0.233 e. The maximum Gasteiger partial charge on any atom is 0.233 e. The van der Waals surface area contributed by atoms with E-state index in [1.54, 1.807) is 12.3 Å². The lowest BCUT2D eigenvalue weighted by Crippen LogP contribution is -2.24. The summed E-state index contributed by atoms with van der Waals surface area (Å²) in [7, 11) is -4.07. The number of rotatable bonds is 8. The van der Waals surface area contributed by atoms with E-state index in [1.807, 2.05) is 10.8 Å². The molecule has 0 aliphatic heterocycles. The number of carbonyl (C=O) groups is 1. The highest BCUT2D eigenvalue weighted by Crippen LogP contribution is 2.49. The maximum absolute atomic E-state index is 15.0. The van der Waals surface area contributed by atoms with E-state index in [2.05, 4.69) is 15.3 Å². The Morgan fingerprint density at radius 1 is 1.24 bits per heavy atom. The molecule has 2 fully saturated rings. The number of aromatic nitrogens is 2. The van der Waals surface area contributed by atoms with Gasteiger partial charge in [-0.25, -0.2) is 22.2 Å². The number of sulfonamides is 1. The van der Waals surface area contributed by atoms with Crippen LogP contribution in [0.2, 0.25) is 0 Å². The Morgan fingerprint density at radius 3 is 2.56 bits per heavy atom. The number of nitriles is 1. The fourth-order valence-corrected chi connectivity index (χ4v) is 5.83. The average Bonchev–Trinajstić information content (AvgIpc) is 3.69. The summed E-state index contributed by atoms with van der Waals surface area (Å²) in [6.07, 6.45) is 4.49. The van der Waals surface area contributed by atoms with E-state index in [0.717, 1.165) is 25.0 Å². The highest BCUT2D eigenvalue weighted by Gasteiger charge is 2.46. The standard InChI is InChI=1S/C23H21F2N5O3S/c24-17-9-14(10-18(25)20(17)30-34(32,33)12-23(4-5-23)6-7-26)16-11-19(29-22(31)13-1-2-13)28-21-15(16)3-8-27-21/h3,8-11,13,30H,1-2,4-6,12H2,(H2,27,28,29,31). The van der Waals surface area contributed by atoms with Gasteiger partial charge in [0.05, 0.1) is 11.8 Å². The lowest BCUT2D eigenvalue weighted by atomic mass is 10.0. The van der Waals surface area contributed by atoms with Gasteiger partial charge in [-0.1, -0.05) is 0 Å². The Bertz CT molecular complexity index is 1430. The number of aromatic amines is 1. The van der Waals surface area contributed by atoms with Crippen molar-refractivity contribution in [1.82, 2.24) is 9.97 Å². The van der Waals surface area contributed by atoms with E-state index in [4.69, 9.17) is 5.26 Å². The van der Waals surface area contributed by atoms with E-state index < -0.39 is 32.8 Å². The Hall–Kier alpha value is -3.52. The molecule has 0 saturated heterocycles. The number of hydrogen-bond acceptors (Lipinski definition) is 5.